The summed E-state index contributed by atoms with van der Waals surface area (Å²) in [5, 5.41) is 3.51. The Morgan fingerprint density at radius 1 is 1.24 bits per heavy atom. The van der Waals surface area contributed by atoms with E-state index in [1.807, 2.05) is 0 Å². The maximum Gasteiger partial charge on any atom is 0.0575 e. The van der Waals surface area contributed by atoms with Crippen LogP contribution in [0, 0.1) is 5.41 Å². The molecular weight excluding hydrogens is 214 g/mol. The van der Waals surface area contributed by atoms with Crippen LogP contribution in [-0.4, -0.2) is 39.0 Å². The molecule has 3 heteroatoms. The molecule has 1 saturated heterocycles. The number of nitrogens with one attached hydrogen (secondary N) is 1. The van der Waals surface area contributed by atoms with Crippen molar-refractivity contribution in [3.05, 3.63) is 0 Å². The molecule has 0 spiro atoms. The van der Waals surface area contributed by atoms with E-state index in [2.05, 4.69) is 12.2 Å². The smallest absolute Gasteiger partial charge is 0.0575 e. The van der Waals surface area contributed by atoms with Crippen molar-refractivity contribution < 1.29 is 9.47 Å². The van der Waals surface area contributed by atoms with E-state index in [4.69, 9.17) is 9.47 Å². The van der Waals surface area contributed by atoms with E-state index >= 15 is 0 Å². The minimum atomic E-state index is 0.393. The van der Waals surface area contributed by atoms with Crippen molar-refractivity contribution >= 4 is 0 Å². The molecule has 1 aliphatic carbocycles. The van der Waals surface area contributed by atoms with Gasteiger partial charge in [-0.1, -0.05) is 26.2 Å². The first-order valence-electron chi connectivity index (χ1n) is 7.19. The van der Waals surface area contributed by atoms with E-state index in [9.17, 15) is 0 Å². The topological polar surface area (TPSA) is 30.5 Å². The van der Waals surface area contributed by atoms with E-state index in [0.717, 1.165) is 39.3 Å². The van der Waals surface area contributed by atoms with Gasteiger partial charge in [-0.3, -0.25) is 0 Å². The van der Waals surface area contributed by atoms with Crippen LogP contribution in [0.5, 0.6) is 0 Å². The predicted molar refractivity (Wildman–Crippen MR) is 69.2 cm³/mol. The largest absolute Gasteiger partial charge is 0.380 e. The molecule has 1 aliphatic heterocycles. The molecule has 1 heterocycles. The van der Waals surface area contributed by atoms with E-state index in [-0.39, 0.29) is 0 Å². The quantitative estimate of drug-likeness (QED) is 0.694. The second-order valence-corrected chi connectivity index (χ2v) is 5.96. The van der Waals surface area contributed by atoms with Crippen LogP contribution in [0.15, 0.2) is 0 Å². The number of hydrogen-bond donors (Lipinski definition) is 1. The Labute approximate surface area is 105 Å². The zero-order chi connectivity index (χ0) is 12.0. The van der Waals surface area contributed by atoms with Gasteiger partial charge in [0.2, 0.25) is 0 Å². The first kappa shape index (κ1) is 13.3. The Bertz CT molecular complexity index is 210. The molecule has 0 bridgehead atoms. The summed E-state index contributed by atoms with van der Waals surface area (Å²) in [5.41, 5.74) is 0.393. The number of rotatable bonds is 7. The fourth-order valence-corrected chi connectivity index (χ4v) is 2.62. The molecule has 2 fully saturated rings. The molecule has 2 rings (SSSR count). The van der Waals surface area contributed by atoms with Gasteiger partial charge in [0.1, 0.15) is 0 Å². The molecule has 0 aromatic heterocycles. The highest BCUT2D eigenvalue weighted by molar-refractivity contribution is 4.82. The minimum absolute atomic E-state index is 0.393. The van der Waals surface area contributed by atoms with Crippen LogP contribution in [0.2, 0.25) is 0 Å². The molecule has 0 amide bonds. The van der Waals surface area contributed by atoms with Gasteiger partial charge >= 0.3 is 0 Å². The summed E-state index contributed by atoms with van der Waals surface area (Å²) >= 11 is 0. The van der Waals surface area contributed by atoms with Gasteiger partial charge in [-0.2, -0.15) is 0 Å². The molecule has 0 atom stereocenters. The fourth-order valence-electron chi connectivity index (χ4n) is 2.62. The lowest BCUT2D eigenvalue weighted by atomic mass is 9.89. The van der Waals surface area contributed by atoms with Gasteiger partial charge in [0.25, 0.3) is 0 Å². The molecule has 0 aromatic rings. The molecule has 1 saturated carbocycles. The van der Waals surface area contributed by atoms with Crippen LogP contribution in [0.25, 0.3) is 0 Å². The van der Waals surface area contributed by atoms with Crippen molar-refractivity contribution in [2.45, 2.75) is 51.6 Å². The number of ether oxygens (including phenoxy) is 2. The molecule has 0 radical (unpaired) electrons. The zero-order valence-corrected chi connectivity index (χ0v) is 11.2. The van der Waals surface area contributed by atoms with Crippen LogP contribution in [-0.2, 0) is 9.47 Å². The van der Waals surface area contributed by atoms with Crippen molar-refractivity contribution in [1.29, 1.82) is 0 Å². The van der Waals surface area contributed by atoms with Gasteiger partial charge in [-0.15, -0.1) is 0 Å². The highest BCUT2D eigenvalue weighted by Crippen LogP contribution is 2.25. The molecule has 0 unspecified atom stereocenters. The van der Waals surface area contributed by atoms with Crippen molar-refractivity contribution in [2.24, 2.45) is 5.41 Å². The van der Waals surface area contributed by atoms with Gasteiger partial charge in [0.05, 0.1) is 19.3 Å². The molecule has 1 N–H and O–H groups in total. The summed E-state index contributed by atoms with van der Waals surface area (Å²) in [6, 6.07) is 0. The van der Waals surface area contributed by atoms with Crippen LogP contribution >= 0.6 is 0 Å². The van der Waals surface area contributed by atoms with Crippen molar-refractivity contribution in [3.63, 3.8) is 0 Å². The Hall–Kier alpha value is -0.120. The summed E-state index contributed by atoms with van der Waals surface area (Å²) in [7, 11) is 0. The van der Waals surface area contributed by atoms with Gasteiger partial charge in [0.15, 0.2) is 0 Å². The maximum absolute atomic E-state index is 5.89. The molecule has 100 valence electrons. The van der Waals surface area contributed by atoms with E-state index in [1.54, 1.807) is 0 Å². The molecular formula is C14H27NO2. The average Bonchev–Trinajstić information content (AvgIpc) is 2.33. The minimum Gasteiger partial charge on any atom is -0.380 e. The first-order valence-corrected chi connectivity index (χ1v) is 7.19. The highest BCUT2D eigenvalue weighted by Gasteiger charge is 2.32. The third-order valence-corrected chi connectivity index (χ3v) is 3.86. The van der Waals surface area contributed by atoms with E-state index < -0.39 is 0 Å². The maximum atomic E-state index is 5.89. The Balaban J connectivity index is 1.41. The standard InChI is InChI=1S/C14H27NO2/c1-14(11-16-12-14)10-15-8-5-9-17-13-6-3-2-4-7-13/h13,15H,2-12H2,1H3. The second kappa shape index (κ2) is 6.72. The van der Waals surface area contributed by atoms with Crippen molar-refractivity contribution in [1.82, 2.24) is 5.32 Å². The summed E-state index contributed by atoms with van der Waals surface area (Å²) in [6.07, 6.45) is 8.38. The predicted octanol–water partition coefficient (Wildman–Crippen LogP) is 2.35. The van der Waals surface area contributed by atoms with Gasteiger partial charge in [0, 0.05) is 18.6 Å². The van der Waals surface area contributed by atoms with E-state index in [0.29, 0.717) is 11.5 Å². The van der Waals surface area contributed by atoms with Crippen LogP contribution in [0.1, 0.15) is 45.4 Å². The normalized spacial score (nSPS) is 24.5. The average molecular weight is 241 g/mol. The van der Waals surface area contributed by atoms with Crippen LogP contribution in [0.4, 0.5) is 0 Å². The molecule has 3 nitrogen and oxygen atoms in total. The van der Waals surface area contributed by atoms with Crippen LogP contribution in [0.3, 0.4) is 0 Å². The first-order chi connectivity index (χ1) is 8.29. The summed E-state index contributed by atoms with van der Waals surface area (Å²) in [6.45, 7) is 7.18. The highest BCUT2D eigenvalue weighted by atomic mass is 16.5. The van der Waals surface area contributed by atoms with E-state index in [1.165, 1.54) is 32.1 Å². The molecule has 2 aliphatic rings. The second-order valence-electron chi connectivity index (χ2n) is 5.96. The Morgan fingerprint density at radius 3 is 2.65 bits per heavy atom. The lowest BCUT2D eigenvalue weighted by Gasteiger charge is -2.38. The molecule has 0 aromatic carbocycles. The third kappa shape index (κ3) is 4.57. The fraction of sp³-hybridized carbons (Fsp3) is 1.00. The SMILES string of the molecule is CC1(CNCCCOC2CCCCC2)COC1. The lowest BCUT2D eigenvalue weighted by molar-refractivity contribution is -0.0990. The van der Waals surface area contributed by atoms with Gasteiger partial charge in [-0.05, 0) is 25.8 Å². The monoisotopic (exact) mass is 241 g/mol. The molecule has 17 heavy (non-hydrogen) atoms. The Morgan fingerprint density at radius 2 is 2.00 bits per heavy atom. The summed E-state index contributed by atoms with van der Waals surface area (Å²) < 4.78 is 11.1. The summed E-state index contributed by atoms with van der Waals surface area (Å²) in [4.78, 5) is 0. The Kier molecular flexibility index (Phi) is 5.26. The third-order valence-electron chi connectivity index (χ3n) is 3.86. The zero-order valence-electron chi connectivity index (χ0n) is 11.2. The van der Waals surface area contributed by atoms with Gasteiger partial charge < -0.3 is 14.8 Å². The summed E-state index contributed by atoms with van der Waals surface area (Å²) in [5.74, 6) is 0. The van der Waals surface area contributed by atoms with Crippen LogP contribution < -0.4 is 5.32 Å². The van der Waals surface area contributed by atoms with Gasteiger partial charge in [-0.25, -0.2) is 0 Å². The van der Waals surface area contributed by atoms with Crippen molar-refractivity contribution in [2.75, 3.05) is 32.9 Å². The van der Waals surface area contributed by atoms with Crippen molar-refractivity contribution in [3.8, 4) is 0 Å². The number of hydrogen-bond acceptors (Lipinski definition) is 3. The lowest BCUT2D eigenvalue weighted by Crippen LogP contribution is -2.47.